The van der Waals surface area contributed by atoms with Gasteiger partial charge in [0.05, 0.1) is 13.0 Å². The topological polar surface area (TPSA) is 37.4 Å². The van der Waals surface area contributed by atoms with Crippen molar-refractivity contribution in [3.8, 4) is 0 Å². The maximum Gasteiger partial charge on any atom is 0.230 e. The molecule has 0 N–H and O–H groups in total. The van der Waals surface area contributed by atoms with E-state index in [1.807, 2.05) is 0 Å². The maximum absolute atomic E-state index is 11.4. The molecule has 1 saturated heterocycles. The van der Waals surface area contributed by atoms with Gasteiger partial charge in [0, 0.05) is 6.54 Å². The zero-order chi connectivity index (χ0) is 10.2. The van der Waals surface area contributed by atoms with Crippen molar-refractivity contribution in [2.45, 2.75) is 39.0 Å². The summed E-state index contributed by atoms with van der Waals surface area (Å²) in [6.07, 6.45) is 4.99. The van der Waals surface area contributed by atoms with Crippen LogP contribution in [0.1, 0.15) is 39.0 Å². The molecule has 3 nitrogen and oxygen atoms in total. The van der Waals surface area contributed by atoms with Crippen LogP contribution in [0.25, 0.3) is 0 Å². The summed E-state index contributed by atoms with van der Waals surface area (Å²) in [5.74, 6) is 0.125. The molecule has 2 aliphatic rings. The van der Waals surface area contributed by atoms with E-state index in [1.165, 1.54) is 25.7 Å². The molecule has 2 rings (SSSR count). The third kappa shape index (κ3) is 1.81. The van der Waals surface area contributed by atoms with Gasteiger partial charge in [-0.2, -0.15) is 0 Å². The fourth-order valence-corrected chi connectivity index (χ4v) is 2.38. The van der Waals surface area contributed by atoms with E-state index in [4.69, 9.17) is 0 Å². The molecule has 14 heavy (non-hydrogen) atoms. The lowest BCUT2D eigenvalue weighted by molar-refractivity contribution is -0.128. The number of nitrogens with zero attached hydrogens (tertiary/aromatic N) is 1. The van der Waals surface area contributed by atoms with Crippen molar-refractivity contribution >= 4 is 11.7 Å². The van der Waals surface area contributed by atoms with Gasteiger partial charge in [0.15, 0.2) is 5.78 Å². The quantitative estimate of drug-likeness (QED) is 0.635. The molecule has 1 saturated carbocycles. The summed E-state index contributed by atoms with van der Waals surface area (Å²) < 4.78 is 0. The first kappa shape index (κ1) is 9.69. The number of likely N-dealkylation sites (tertiary alicyclic amines) is 1. The van der Waals surface area contributed by atoms with Crippen LogP contribution in [0, 0.1) is 5.41 Å². The summed E-state index contributed by atoms with van der Waals surface area (Å²) in [4.78, 5) is 24.2. The van der Waals surface area contributed by atoms with Gasteiger partial charge in [-0.25, -0.2) is 0 Å². The Morgan fingerprint density at radius 3 is 2.50 bits per heavy atom. The minimum absolute atomic E-state index is 0.0392. The van der Waals surface area contributed by atoms with Crippen molar-refractivity contribution in [2.75, 3.05) is 13.1 Å². The van der Waals surface area contributed by atoms with E-state index in [2.05, 4.69) is 6.92 Å². The summed E-state index contributed by atoms with van der Waals surface area (Å²) in [6.45, 7) is 3.37. The summed E-state index contributed by atoms with van der Waals surface area (Å²) in [5, 5.41) is 0. The van der Waals surface area contributed by atoms with Gasteiger partial charge in [-0.1, -0.05) is 13.3 Å². The SMILES string of the molecule is CCCC1(CN2CC(=O)CC2=O)CC1. The highest BCUT2D eigenvalue weighted by Crippen LogP contribution is 2.50. The van der Waals surface area contributed by atoms with E-state index >= 15 is 0 Å². The minimum atomic E-state index is 0.0392. The largest absolute Gasteiger partial charge is 0.334 e. The highest BCUT2D eigenvalue weighted by molar-refractivity contribution is 6.05. The number of rotatable bonds is 4. The van der Waals surface area contributed by atoms with Crippen LogP contribution < -0.4 is 0 Å². The van der Waals surface area contributed by atoms with Gasteiger partial charge in [0.25, 0.3) is 0 Å². The summed E-state index contributed by atoms with van der Waals surface area (Å²) in [6, 6.07) is 0. The van der Waals surface area contributed by atoms with Gasteiger partial charge >= 0.3 is 0 Å². The van der Waals surface area contributed by atoms with Crippen molar-refractivity contribution < 1.29 is 9.59 Å². The molecule has 3 heteroatoms. The fourth-order valence-electron chi connectivity index (χ4n) is 2.38. The molecule has 1 aliphatic carbocycles. The monoisotopic (exact) mass is 195 g/mol. The van der Waals surface area contributed by atoms with Gasteiger partial charge in [-0.15, -0.1) is 0 Å². The zero-order valence-electron chi connectivity index (χ0n) is 8.71. The van der Waals surface area contributed by atoms with E-state index in [0.717, 1.165) is 6.54 Å². The van der Waals surface area contributed by atoms with Crippen LogP contribution in [0.3, 0.4) is 0 Å². The maximum atomic E-state index is 11.4. The number of amides is 1. The third-order valence-electron chi connectivity index (χ3n) is 3.33. The molecule has 0 aromatic rings. The molecule has 1 aliphatic heterocycles. The Hall–Kier alpha value is -0.860. The minimum Gasteiger partial charge on any atom is -0.334 e. The van der Waals surface area contributed by atoms with Gasteiger partial charge in [-0.3, -0.25) is 9.59 Å². The van der Waals surface area contributed by atoms with Crippen LogP contribution in [0.2, 0.25) is 0 Å². The van der Waals surface area contributed by atoms with Crippen LogP contribution in [0.5, 0.6) is 0 Å². The van der Waals surface area contributed by atoms with Crippen LogP contribution in [0.15, 0.2) is 0 Å². The Morgan fingerprint density at radius 1 is 1.36 bits per heavy atom. The predicted octanol–water partition coefficient (Wildman–Crippen LogP) is 1.37. The van der Waals surface area contributed by atoms with Crippen LogP contribution >= 0.6 is 0 Å². The summed E-state index contributed by atoms with van der Waals surface area (Å²) >= 11 is 0. The van der Waals surface area contributed by atoms with Gasteiger partial charge < -0.3 is 4.90 Å². The molecule has 0 aromatic heterocycles. The Balaban J connectivity index is 1.91. The average molecular weight is 195 g/mol. The smallest absolute Gasteiger partial charge is 0.230 e. The molecule has 1 amide bonds. The molecule has 2 fully saturated rings. The van der Waals surface area contributed by atoms with Crippen molar-refractivity contribution in [2.24, 2.45) is 5.41 Å². The van der Waals surface area contributed by atoms with Gasteiger partial charge in [-0.05, 0) is 24.7 Å². The molecule has 0 spiro atoms. The number of carbonyl (C=O) groups is 2. The fraction of sp³-hybridized carbons (Fsp3) is 0.818. The number of ketones is 1. The van der Waals surface area contributed by atoms with E-state index < -0.39 is 0 Å². The third-order valence-corrected chi connectivity index (χ3v) is 3.33. The lowest BCUT2D eigenvalue weighted by atomic mass is 10.0. The van der Waals surface area contributed by atoms with Crippen LogP contribution in [0.4, 0.5) is 0 Å². The van der Waals surface area contributed by atoms with Crippen LogP contribution in [-0.4, -0.2) is 29.7 Å². The normalized spacial score (nSPS) is 24.5. The molecule has 1 heterocycles. The second-order valence-electron chi connectivity index (χ2n) is 4.72. The number of hydrogen-bond acceptors (Lipinski definition) is 2. The first-order chi connectivity index (χ1) is 6.65. The number of Topliss-reactive ketones (excluding diaryl/α,β-unsaturated/α-hetero) is 1. The molecule has 0 aromatic carbocycles. The molecular formula is C11H17NO2. The van der Waals surface area contributed by atoms with E-state index in [9.17, 15) is 9.59 Å². The average Bonchev–Trinajstić information content (AvgIpc) is 2.77. The summed E-state index contributed by atoms with van der Waals surface area (Å²) in [5.41, 5.74) is 0.384. The lowest BCUT2D eigenvalue weighted by Gasteiger charge is -2.22. The lowest BCUT2D eigenvalue weighted by Crippen LogP contribution is -2.32. The highest BCUT2D eigenvalue weighted by atomic mass is 16.2. The Kier molecular flexibility index (Phi) is 2.33. The van der Waals surface area contributed by atoms with E-state index in [-0.39, 0.29) is 18.1 Å². The van der Waals surface area contributed by atoms with Crippen molar-refractivity contribution in [1.82, 2.24) is 4.90 Å². The zero-order valence-corrected chi connectivity index (χ0v) is 8.71. The first-order valence-electron chi connectivity index (χ1n) is 5.45. The first-order valence-corrected chi connectivity index (χ1v) is 5.45. The van der Waals surface area contributed by atoms with Crippen molar-refractivity contribution in [3.63, 3.8) is 0 Å². The van der Waals surface area contributed by atoms with Crippen LogP contribution in [-0.2, 0) is 9.59 Å². The molecular weight excluding hydrogens is 178 g/mol. The highest BCUT2D eigenvalue weighted by Gasteiger charge is 2.45. The number of carbonyl (C=O) groups excluding carboxylic acids is 2. The van der Waals surface area contributed by atoms with E-state index in [0.29, 0.717) is 12.0 Å². The molecule has 0 unspecified atom stereocenters. The van der Waals surface area contributed by atoms with Gasteiger partial charge in [0.2, 0.25) is 5.91 Å². The Morgan fingerprint density at radius 2 is 2.07 bits per heavy atom. The molecule has 0 radical (unpaired) electrons. The Labute approximate surface area is 84.5 Å². The van der Waals surface area contributed by atoms with E-state index in [1.54, 1.807) is 4.90 Å². The summed E-state index contributed by atoms with van der Waals surface area (Å²) in [7, 11) is 0. The molecule has 78 valence electrons. The Bertz CT molecular complexity index is 268. The second kappa shape index (κ2) is 3.37. The number of hydrogen-bond donors (Lipinski definition) is 0. The van der Waals surface area contributed by atoms with Gasteiger partial charge in [0.1, 0.15) is 0 Å². The van der Waals surface area contributed by atoms with Crippen molar-refractivity contribution in [3.05, 3.63) is 0 Å². The van der Waals surface area contributed by atoms with Crippen molar-refractivity contribution in [1.29, 1.82) is 0 Å². The molecule has 0 bridgehead atoms. The standard InChI is InChI=1S/C11H17NO2/c1-2-3-11(4-5-11)8-12-7-9(13)6-10(12)14/h2-8H2,1H3. The predicted molar refractivity (Wildman–Crippen MR) is 52.8 cm³/mol. The second-order valence-corrected chi connectivity index (χ2v) is 4.72. The molecule has 0 atom stereocenters.